The summed E-state index contributed by atoms with van der Waals surface area (Å²) in [6.45, 7) is 7.05. The molecule has 3 fully saturated rings. The molecule has 4 aliphatic rings. The maximum atomic E-state index is 14.3. The van der Waals surface area contributed by atoms with Crippen LogP contribution in [0.25, 0.3) is 11.0 Å². The molecule has 0 radical (unpaired) electrons. The highest BCUT2D eigenvalue weighted by atomic mass is 32.2. The third-order valence-corrected chi connectivity index (χ3v) is 13.0. The number of carbonyl (C=O) groups excluding carboxylic acids is 3. The van der Waals surface area contributed by atoms with Crippen molar-refractivity contribution < 1.29 is 42.2 Å². The van der Waals surface area contributed by atoms with Crippen molar-refractivity contribution in [1.82, 2.24) is 30.2 Å². The van der Waals surface area contributed by atoms with Crippen LogP contribution in [-0.2, 0) is 24.4 Å². The quantitative estimate of drug-likeness (QED) is 0.305. The third-order valence-electron chi connectivity index (χ3n) is 10.8. The number of nitrogens with zero attached hydrogens (tertiary/aromatic N) is 3. The highest BCUT2D eigenvalue weighted by molar-refractivity contribution is 7.91. The molecule has 2 aliphatic heterocycles. The SMILES string of the molecule is COc1ccc2nc(C)c(O[C@@H]3C[C@H]4C(=O)N[C@]5(C(=O)NS(=O)(=O)C6(C)CC6)C[C@H]5C=CCC[C@@H](C)C[C@@H](C)[C@H](NC(=O)O)C(=O)N4C3)nc2c1. The molecule has 0 unspecified atom stereocenters. The largest absolute Gasteiger partial charge is 0.497 e. The number of methoxy groups -OCH3 is 1. The van der Waals surface area contributed by atoms with Gasteiger partial charge >= 0.3 is 6.09 Å². The molecule has 16 heteroatoms. The zero-order valence-corrected chi connectivity index (χ0v) is 30.3. The number of hydrogen-bond donors (Lipinski definition) is 4. The molecule has 3 heterocycles. The van der Waals surface area contributed by atoms with Crippen LogP contribution in [0.5, 0.6) is 11.6 Å². The van der Waals surface area contributed by atoms with Gasteiger partial charge in [0.25, 0.3) is 5.91 Å². The molecule has 51 heavy (non-hydrogen) atoms. The Morgan fingerprint density at radius 2 is 1.86 bits per heavy atom. The average molecular weight is 727 g/mol. The Balaban J connectivity index is 1.33. The van der Waals surface area contributed by atoms with Gasteiger partial charge in [-0.3, -0.25) is 19.1 Å². The predicted octanol–water partition coefficient (Wildman–Crippen LogP) is 2.82. The molecule has 4 amide bonds. The standard InChI is InChI=1S/C35H46N6O9S/c1-19-8-6-7-9-22-17-35(22,32(44)40-51(47,48)34(4)12-13-34)39-29(42)27-16-24(18-41(27)31(43)28(20(2)14-19)38-33(45)46)50-30-21(3)36-25-11-10-23(49-5)15-26(25)37-30/h7,9-11,15,19-20,22,24,27-28,38H,6,8,12-14,16-18H2,1-5H3,(H,39,42)(H,40,44)(H,45,46)/t19-,20-,22-,24-,27+,28+,35-/m1/s1. The number of aryl methyl sites for hydroxylation is 1. The fraction of sp³-hybridized carbons (Fsp3) is 0.600. The molecule has 7 atom stereocenters. The van der Waals surface area contributed by atoms with E-state index in [4.69, 9.17) is 9.47 Å². The van der Waals surface area contributed by atoms with Crippen LogP contribution in [0.15, 0.2) is 30.4 Å². The Morgan fingerprint density at radius 1 is 1.12 bits per heavy atom. The summed E-state index contributed by atoms with van der Waals surface area (Å²) < 4.78 is 39.0. The van der Waals surface area contributed by atoms with E-state index in [0.29, 0.717) is 48.2 Å². The summed E-state index contributed by atoms with van der Waals surface area (Å²) in [6.07, 6.45) is 4.59. The molecule has 2 aliphatic carbocycles. The number of nitrogens with one attached hydrogen (secondary N) is 3. The van der Waals surface area contributed by atoms with Crippen LogP contribution in [0, 0.1) is 24.7 Å². The topological polar surface area (TPSA) is 206 Å². The van der Waals surface area contributed by atoms with Crippen molar-refractivity contribution in [1.29, 1.82) is 0 Å². The first-order chi connectivity index (χ1) is 24.1. The van der Waals surface area contributed by atoms with Crippen LogP contribution in [-0.4, -0.2) is 94.3 Å². The second-order valence-electron chi connectivity index (χ2n) is 14.9. The van der Waals surface area contributed by atoms with E-state index in [0.717, 1.165) is 6.42 Å². The van der Waals surface area contributed by atoms with Gasteiger partial charge in [0.1, 0.15) is 35.2 Å². The molecule has 1 aromatic carbocycles. The molecule has 1 aromatic heterocycles. The Kier molecular flexibility index (Phi) is 9.67. The lowest BCUT2D eigenvalue weighted by Gasteiger charge is -2.32. The molecule has 0 spiro atoms. The van der Waals surface area contributed by atoms with Crippen molar-refractivity contribution in [2.75, 3.05) is 13.7 Å². The van der Waals surface area contributed by atoms with Gasteiger partial charge in [-0.2, -0.15) is 0 Å². The van der Waals surface area contributed by atoms with E-state index in [1.807, 2.05) is 19.1 Å². The Bertz CT molecular complexity index is 1880. The monoisotopic (exact) mass is 726 g/mol. The van der Waals surface area contributed by atoms with Crippen LogP contribution in [0.3, 0.4) is 0 Å². The summed E-state index contributed by atoms with van der Waals surface area (Å²) in [5, 5.41) is 15.0. The average Bonchev–Trinajstić information content (AvgIpc) is 3.95. The second-order valence-corrected chi connectivity index (χ2v) is 17.1. The number of sulfonamides is 1. The maximum Gasteiger partial charge on any atom is 0.405 e. The molecule has 15 nitrogen and oxygen atoms in total. The summed E-state index contributed by atoms with van der Waals surface area (Å²) in [7, 11) is -2.46. The lowest BCUT2D eigenvalue weighted by atomic mass is 9.88. The number of aromatic nitrogens is 2. The Morgan fingerprint density at radius 3 is 2.55 bits per heavy atom. The molecule has 0 bridgehead atoms. The molecule has 4 N–H and O–H groups in total. The van der Waals surface area contributed by atoms with E-state index in [9.17, 15) is 32.7 Å². The van der Waals surface area contributed by atoms with Crippen molar-refractivity contribution in [3.05, 3.63) is 36.0 Å². The molecule has 2 saturated carbocycles. The predicted molar refractivity (Wildman–Crippen MR) is 185 cm³/mol. The first-order valence-electron chi connectivity index (χ1n) is 17.4. The fourth-order valence-corrected chi connectivity index (χ4v) is 8.54. The first kappa shape index (κ1) is 36.3. The van der Waals surface area contributed by atoms with Crippen LogP contribution in [0.1, 0.15) is 71.4 Å². The van der Waals surface area contributed by atoms with Gasteiger partial charge in [-0.1, -0.05) is 26.0 Å². The number of allylic oxidation sites excluding steroid dienone is 1. The smallest absolute Gasteiger partial charge is 0.405 e. The normalized spacial score (nSPS) is 30.6. The number of benzene rings is 1. The summed E-state index contributed by atoms with van der Waals surface area (Å²) in [6, 6.07) is 2.92. The van der Waals surface area contributed by atoms with Crippen molar-refractivity contribution in [2.24, 2.45) is 17.8 Å². The summed E-state index contributed by atoms with van der Waals surface area (Å²) in [4.78, 5) is 64.9. The van der Waals surface area contributed by atoms with Crippen LogP contribution in [0.2, 0.25) is 0 Å². The number of hydrogen-bond acceptors (Lipinski definition) is 10. The van der Waals surface area contributed by atoms with Crippen LogP contribution in [0.4, 0.5) is 4.79 Å². The minimum Gasteiger partial charge on any atom is -0.497 e. The summed E-state index contributed by atoms with van der Waals surface area (Å²) >= 11 is 0. The number of rotatable bonds is 7. The highest BCUT2D eigenvalue weighted by Gasteiger charge is 2.63. The lowest BCUT2D eigenvalue weighted by Crippen LogP contribution is -2.59. The molecule has 1 saturated heterocycles. The molecule has 2 aromatic rings. The van der Waals surface area contributed by atoms with Crippen molar-refractivity contribution in [3.8, 4) is 11.6 Å². The van der Waals surface area contributed by atoms with Crippen molar-refractivity contribution in [2.45, 2.75) is 101 Å². The van der Waals surface area contributed by atoms with Crippen molar-refractivity contribution in [3.63, 3.8) is 0 Å². The second kappa shape index (κ2) is 13.6. The zero-order valence-electron chi connectivity index (χ0n) is 29.5. The van der Waals surface area contributed by atoms with E-state index in [-0.39, 0.29) is 31.2 Å². The van der Waals surface area contributed by atoms with Gasteiger partial charge < -0.3 is 30.1 Å². The maximum absolute atomic E-state index is 14.3. The van der Waals surface area contributed by atoms with E-state index in [1.165, 1.54) is 12.0 Å². The van der Waals surface area contributed by atoms with Gasteiger partial charge in [0, 0.05) is 18.4 Å². The number of carboxylic acid groups (broad SMARTS) is 1. The molecule has 276 valence electrons. The van der Waals surface area contributed by atoms with Gasteiger partial charge in [0.05, 0.1) is 29.4 Å². The van der Waals surface area contributed by atoms with Crippen molar-refractivity contribution >= 4 is 44.9 Å². The zero-order chi connectivity index (χ0) is 36.9. The summed E-state index contributed by atoms with van der Waals surface area (Å²) in [5.41, 5.74) is 0.0711. The number of ether oxygens (including phenoxy) is 2. The van der Waals surface area contributed by atoms with Crippen LogP contribution < -0.4 is 24.8 Å². The van der Waals surface area contributed by atoms with E-state index in [1.54, 1.807) is 39.0 Å². The third kappa shape index (κ3) is 7.32. The number of amides is 4. The van der Waals surface area contributed by atoms with E-state index >= 15 is 0 Å². The van der Waals surface area contributed by atoms with Gasteiger partial charge in [0.15, 0.2) is 0 Å². The Hall–Kier alpha value is -4.47. The number of carbonyl (C=O) groups is 4. The van der Waals surface area contributed by atoms with Gasteiger partial charge in [-0.25, -0.2) is 23.2 Å². The minimum atomic E-state index is -4.00. The highest BCUT2D eigenvalue weighted by Crippen LogP contribution is 2.47. The first-order valence-corrected chi connectivity index (χ1v) is 18.9. The molecular formula is C35H46N6O9S. The van der Waals surface area contributed by atoms with Gasteiger partial charge in [-0.15, -0.1) is 0 Å². The molecular weight excluding hydrogens is 680 g/mol. The van der Waals surface area contributed by atoms with E-state index < -0.39 is 74.1 Å². The Labute approximate surface area is 297 Å². The van der Waals surface area contributed by atoms with Gasteiger partial charge in [0.2, 0.25) is 27.7 Å². The molecule has 6 rings (SSSR count). The van der Waals surface area contributed by atoms with Gasteiger partial charge in [-0.05, 0) is 76.3 Å². The summed E-state index contributed by atoms with van der Waals surface area (Å²) in [5.74, 6) is -2.08. The number of fused-ring (bicyclic) bond motifs is 3. The van der Waals surface area contributed by atoms with E-state index in [2.05, 4.69) is 25.3 Å². The fourth-order valence-electron chi connectivity index (χ4n) is 7.23. The minimum absolute atomic E-state index is 0.00596. The lowest BCUT2D eigenvalue weighted by molar-refractivity contribution is -0.142. The van der Waals surface area contributed by atoms with Crippen LogP contribution >= 0.6 is 0 Å².